The van der Waals surface area contributed by atoms with Gasteiger partial charge >= 0.3 is 0 Å². The molecule has 2 saturated heterocycles. The molecule has 0 aliphatic carbocycles. The van der Waals surface area contributed by atoms with Crippen molar-refractivity contribution in [3.8, 4) is 11.1 Å². The van der Waals surface area contributed by atoms with Gasteiger partial charge in [0.1, 0.15) is 12.9 Å². The lowest BCUT2D eigenvalue weighted by Crippen LogP contribution is -2.46. The number of anilines is 1. The van der Waals surface area contributed by atoms with Gasteiger partial charge in [0, 0.05) is 37.7 Å². The third kappa shape index (κ3) is 6.22. The molecule has 1 amide bonds. The van der Waals surface area contributed by atoms with Crippen LogP contribution < -0.4 is 5.73 Å². The average molecular weight is 512 g/mol. The number of amides is 1. The van der Waals surface area contributed by atoms with Crippen molar-refractivity contribution in [1.29, 1.82) is 0 Å². The summed E-state index contributed by atoms with van der Waals surface area (Å²) >= 11 is 0. The van der Waals surface area contributed by atoms with Gasteiger partial charge in [-0.15, -0.1) is 0 Å². The fraction of sp³-hybridized carbons (Fsp3) is 0.387. The maximum absolute atomic E-state index is 13.3. The Hall–Kier alpha value is -3.71. The molecule has 0 bridgehead atoms. The molecule has 38 heavy (non-hydrogen) atoms. The summed E-state index contributed by atoms with van der Waals surface area (Å²) in [7, 11) is 1.60. The van der Waals surface area contributed by atoms with Crippen LogP contribution in [0, 0.1) is 11.8 Å². The molecule has 2 aliphatic rings. The Morgan fingerprint density at radius 3 is 2.24 bits per heavy atom. The second kappa shape index (κ2) is 12.2. The number of nitrogens with zero attached hydrogens (tertiary/aromatic N) is 4. The molecule has 1 aromatic heterocycles. The first-order valence-electron chi connectivity index (χ1n) is 13.6. The highest BCUT2D eigenvalue weighted by molar-refractivity contribution is 6.02. The van der Waals surface area contributed by atoms with Gasteiger partial charge in [-0.25, -0.2) is 4.98 Å². The molecule has 7 nitrogen and oxygen atoms in total. The number of pyridine rings is 1. The number of carbonyl (C=O) groups excluding carboxylic acids is 1. The van der Waals surface area contributed by atoms with Crippen molar-refractivity contribution in [1.82, 2.24) is 14.8 Å². The fourth-order valence-corrected chi connectivity index (χ4v) is 5.75. The molecule has 3 aromatic rings. The second-order valence-electron chi connectivity index (χ2n) is 10.3. The number of carbonyl (C=O) groups is 1. The Morgan fingerprint density at radius 2 is 1.58 bits per heavy atom. The Morgan fingerprint density at radius 1 is 0.921 bits per heavy atom. The van der Waals surface area contributed by atoms with Crippen molar-refractivity contribution in [2.75, 3.05) is 39.0 Å². The van der Waals surface area contributed by atoms with Gasteiger partial charge in [0.15, 0.2) is 0 Å². The monoisotopic (exact) mass is 511 g/mol. The lowest BCUT2D eigenvalue weighted by molar-refractivity contribution is -0.138. The molecule has 7 heteroatoms. The smallest absolute Gasteiger partial charge is 0.225 e. The van der Waals surface area contributed by atoms with Crippen LogP contribution in [0.4, 0.5) is 5.82 Å². The minimum atomic E-state index is 0.114. The molecule has 0 radical (unpaired) electrons. The van der Waals surface area contributed by atoms with Crippen LogP contribution >= 0.6 is 0 Å². The minimum absolute atomic E-state index is 0.114. The molecule has 5 rings (SSSR count). The van der Waals surface area contributed by atoms with Gasteiger partial charge in [-0.2, -0.15) is 0 Å². The van der Waals surface area contributed by atoms with Crippen molar-refractivity contribution in [2.45, 2.75) is 32.2 Å². The summed E-state index contributed by atoms with van der Waals surface area (Å²) in [6.45, 7) is 4.25. The number of hydrogen-bond acceptors (Lipinski definition) is 6. The first-order chi connectivity index (χ1) is 18.6. The Labute approximate surface area is 225 Å². The van der Waals surface area contributed by atoms with Gasteiger partial charge in [0.25, 0.3) is 0 Å². The Kier molecular flexibility index (Phi) is 8.34. The first-order valence-corrected chi connectivity index (χ1v) is 13.6. The predicted octanol–water partition coefficient (Wildman–Crippen LogP) is 4.83. The van der Waals surface area contributed by atoms with Crippen molar-refractivity contribution >= 4 is 17.4 Å². The maximum atomic E-state index is 13.3. The number of oxime groups is 1. The molecule has 0 spiro atoms. The average Bonchev–Trinajstić information content (AvgIpc) is 2.97. The Bertz CT molecular complexity index is 1230. The third-order valence-electron chi connectivity index (χ3n) is 7.86. The molecule has 0 saturated carbocycles. The van der Waals surface area contributed by atoms with Crippen molar-refractivity contribution < 1.29 is 9.63 Å². The molecule has 2 fully saturated rings. The molecular weight excluding hydrogens is 474 g/mol. The molecule has 198 valence electrons. The van der Waals surface area contributed by atoms with Crippen LogP contribution in [0.1, 0.15) is 36.8 Å². The predicted molar refractivity (Wildman–Crippen MR) is 151 cm³/mol. The van der Waals surface area contributed by atoms with E-state index >= 15 is 0 Å². The number of hydrogen-bond donors (Lipinski definition) is 1. The van der Waals surface area contributed by atoms with Crippen LogP contribution in [0.5, 0.6) is 0 Å². The molecule has 0 unspecified atom stereocenters. The van der Waals surface area contributed by atoms with Gasteiger partial charge in [0.05, 0.1) is 5.71 Å². The van der Waals surface area contributed by atoms with E-state index in [1.165, 1.54) is 16.7 Å². The summed E-state index contributed by atoms with van der Waals surface area (Å²) in [6.07, 6.45) is 5.37. The summed E-state index contributed by atoms with van der Waals surface area (Å²) in [6, 6.07) is 22.9. The van der Waals surface area contributed by atoms with Crippen LogP contribution in [0.3, 0.4) is 0 Å². The number of benzene rings is 2. The van der Waals surface area contributed by atoms with E-state index < -0.39 is 0 Å². The van der Waals surface area contributed by atoms with E-state index in [2.05, 4.69) is 68.5 Å². The summed E-state index contributed by atoms with van der Waals surface area (Å²) in [5.74, 6) is 1.26. The summed E-state index contributed by atoms with van der Waals surface area (Å²) in [5, 5.41) is 4.42. The highest BCUT2D eigenvalue weighted by atomic mass is 16.6. The molecule has 2 aliphatic heterocycles. The van der Waals surface area contributed by atoms with Gasteiger partial charge in [0.2, 0.25) is 5.91 Å². The lowest BCUT2D eigenvalue weighted by Gasteiger charge is -2.37. The van der Waals surface area contributed by atoms with Crippen LogP contribution in [-0.2, 0) is 16.2 Å². The molecule has 3 heterocycles. The van der Waals surface area contributed by atoms with E-state index in [-0.39, 0.29) is 11.8 Å². The number of likely N-dealkylation sites (tertiary alicyclic amines) is 2. The van der Waals surface area contributed by atoms with Crippen molar-refractivity contribution in [3.05, 3.63) is 84.1 Å². The minimum Gasteiger partial charge on any atom is -0.399 e. The molecule has 2 N–H and O–H groups in total. The normalized spacial score (nSPS) is 17.9. The van der Waals surface area contributed by atoms with Gasteiger partial charge < -0.3 is 15.5 Å². The molecule has 2 aromatic carbocycles. The molecule has 0 atom stereocenters. The van der Waals surface area contributed by atoms with Gasteiger partial charge in [-0.05, 0) is 73.2 Å². The lowest BCUT2D eigenvalue weighted by atomic mass is 9.86. The van der Waals surface area contributed by atoms with Crippen LogP contribution in [0.25, 0.3) is 11.1 Å². The SMILES string of the molecule is CO/N=C(/c1ccc(-c2ccccc2)cc1)C1CCN(C(=O)C2CCN(Cc3ccnc(N)c3)CC2)CC1. The van der Waals surface area contributed by atoms with Crippen LogP contribution in [-0.4, -0.2) is 59.7 Å². The van der Waals surface area contributed by atoms with Gasteiger partial charge in [-0.1, -0.05) is 59.8 Å². The standard InChI is InChI=1S/C31H37N5O2/c1-38-34-30(26-9-7-25(8-10-26)24-5-3-2-4-6-24)27-14-19-36(20-15-27)31(37)28-12-17-35(18-13-28)22-23-11-16-33-29(32)21-23/h2-11,16,21,27-28H,12-15,17-20,22H2,1H3,(H2,32,33)/b34-30-. The van der Waals surface area contributed by atoms with E-state index in [1.54, 1.807) is 13.3 Å². The van der Waals surface area contributed by atoms with E-state index in [0.29, 0.717) is 11.7 Å². The number of piperidine rings is 2. The van der Waals surface area contributed by atoms with E-state index in [9.17, 15) is 4.79 Å². The van der Waals surface area contributed by atoms with Crippen LogP contribution in [0.15, 0.2) is 78.1 Å². The van der Waals surface area contributed by atoms with Gasteiger partial charge in [-0.3, -0.25) is 9.69 Å². The van der Waals surface area contributed by atoms with E-state index in [1.807, 2.05) is 18.2 Å². The van der Waals surface area contributed by atoms with Crippen molar-refractivity contribution in [2.24, 2.45) is 17.0 Å². The quantitative estimate of drug-likeness (QED) is 0.363. The molecular formula is C31H37N5O2. The number of nitrogen functional groups attached to an aromatic ring is 1. The summed E-state index contributed by atoms with van der Waals surface area (Å²) in [4.78, 5) is 27.1. The number of nitrogens with two attached hydrogens (primary N) is 1. The first kappa shape index (κ1) is 25.9. The zero-order valence-electron chi connectivity index (χ0n) is 22.1. The highest BCUT2D eigenvalue weighted by Crippen LogP contribution is 2.28. The highest BCUT2D eigenvalue weighted by Gasteiger charge is 2.32. The summed E-state index contributed by atoms with van der Waals surface area (Å²) < 4.78 is 0. The fourth-order valence-electron chi connectivity index (χ4n) is 5.75. The van der Waals surface area contributed by atoms with Crippen LogP contribution in [0.2, 0.25) is 0 Å². The summed E-state index contributed by atoms with van der Waals surface area (Å²) in [5.41, 5.74) is 11.4. The zero-order chi connectivity index (χ0) is 26.3. The number of aromatic nitrogens is 1. The topological polar surface area (TPSA) is 84.0 Å². The second-order valence-corrected chi connectivity index (χ2v) is 10.3. The third-order valence-corrected chi connectivity index (χ3v) is 7.86. The van der Waals surface area contributed by atoms with E-state index in [0.717, 1.165) is 69.7 Å². The Balaban J connectivity index is 1.14. The zero-order valence-corrected chi connectivity index (χ0v) is 22.1. The maximum Gasteiger partial charge on any atom is 0.225 e. The van der Waals surface area contributed by atoms with Crippen molar-refractivity contribution in [3.63, 3.8) is 0 Å². The van der Waals surface area contributed by atoms with E-state index in [4.69, 9.17) is 10.6 Å². The largest absolute Gasteiger partial charge is 0.399 e. The number of rotatable bonds is 7.